The summed E-state index contributed by atoms with van der Waals surface area (Å²) in [6.45, 7) is 4.79. The highest BCUT2D eigenvalue weighted by molar-refractivity contribution is 5.93. The van der Waals surface area contributed by atoms with Crippen LogP contribution in [0.3, 0.4) is 0 Å². The minimum atomic E-state index is -0.147. The summed E-state index contributed by atoms with van der Waals surface area (Å²) < 4.78 is 5.87. The van der Waals surface area contributed by atoms with Crippen molar-refractivity contribution < 1.29 is 14.3 Å². The van der Waals surface area contributed by atoms with Crippen molar-refractivity contribution in [3.05, 3.63) is 24.0 Å². The third kappa shape index (κ3) is 2.88. The zero-order chi connectivity index (χ0) is 16.7. The van der Waals surface area contributed by atoms with Gasteiger partial charge in [-0.25, -0.2) is 0 Å². The average Bonchev–Trinajstić information content (AvgIpc) is 3.02. The third-order valence-corrected chi connectivity index (χ3v) is 5.55. The van der Waals surface area contributed by atoms with Crippen molar-refractivity contribution in [1.29, 1.82) is 0 Å². The van der Waals surface area contributed by atoms with Gasteiger partial charge in [-0.3, -0.25) is 9.59 Å². The molecule has 1 saturated carbocycles. The van der Waals surface area contributed by atoms with Crippen LogP contribution < -0.4 is 5.32 Å². The molecule has 3 aliphatic rings. The Labute approximate surface area is 140 Å². The van der Waals surface area contributed by atoms with Crippen LogP contribution in [-0.4, -0.2) is 59.3 Å². The minimum absolute atomic E-state index is 0.118. The van der Waals surface area contributed by atoms with Gasteiger partial charge in [0.25, 0.3) is 5.91 Å². The monoisotopic (exact) mass is 330 g/mol. The fraction of sp³-hybridized carbons (Fsp3) is 0.647. The Morgan fingerprint density at radius 3 is 2.92 bits per heavy atom. The van der Waals surface area contributed by atoms with E-state index in [0.29, 0.717) is 37.1 Å². The first-order chi connectivity index (χ1) is 11.6. The van der Waals surface area contributed by atoms with Crippen molar-refractivity contribution in [3.8, 4) is 0 Å². The number of nitrogens with one attached hydrogen (secondary N) is 1. The molecule has 0 radical (unpaired) electrons. The van der Waals surface area contributed by atoms with E-state index in [4.69, 9.17) is 4.74 Å². The van der Waals surface area contributed by atoms with E-state index in [9.17, 15) is 9.59 Å². The van der Waals surface area contributed by atoms with E-state index in [2.05, 4.69) is 22.4 Å². The van der Waals surface area contributed by atoms with Crippen LogP contribution in [0.2, 0.25) is 0 Å². The second kappa shape index (κ2) is 6.12. The minimum Gasteiger partial charge on any atom is -0.376 e. The molecule has 128 valence electrons. The van der Waals surface area contributed by atoms with Gasteiger partial charge < -0.3 is 15.0 Å². The standard InChI is InChI=1S/C17H22N4O3/c1-10-4-13(10)17(23)21-7-14-12(9-24-15(14)8-21)5-18-16(22)11-2-3-19-20-6-11/h2-3,6,10,12-15H,4-5,7-9H2,1H3,(H,18,22)/t10?,12-,13?,14-,15-/m1/s1. The number of fused-ring (bicyclic) bond motifs is 1. The van der Waals surface area contributed by atoms with E-state index in [0.717, 1.165) is 13.0 Å². The number of hydrogen-bond donors (Lipinski definition) is 1. The molecule has 0 spiro atoms. The van der Waals surface area contributed by atoms with E-state index in [1.807, 2.05) is 4.90 Å². The average molecular weight is 330 g/mol. The van der Waals surface area contributed by atoms with Crippen LogP contribution in [0.15, 0.2) is 18.5 Å². The molecule has 3 fully saturated rings. The summed E-state index contributed by atoms with van der Waals surface area (Å²) in [5, 5.41) is 10.3. The third-order valence-electron chi connectivity index (χ3n) is 5.55. The molecule has 2 amide bonds. The molecule has 7 nitrogen and oxygen atoms in total. The largest absolute Gasteiger partial charge is 0.376 e. The number of carbonyl (C=O) groups excluding carboxylic acids is 2. The first-order valence-corrected chi connectivity index (χ1v) is 8.58. The quantitative estimate of drug-likeness (QED) is 0.860. The summed E-state index contributed by atoms with van der Waals surface area (Å²) in [7, 11) is 0. The Balaban J connectivity index is 1.31. The lowest BCUT2D eigenvalue weighted by atomic mass is 9.93. The Bertz CT molecular complexity index is 638. The van der Waals surface area contributed by atoms with Crippen LogP contribution in [0.1, 0.15) is 23.7 Å². The molecule has 24 heavy (non-hydrogen) atoms. The van der Waals surface area contributed by atoms with Crippen LogP contribution in [-0.2, 0) is 9.53 Å². The summed E-state index contributed by atoms with van der Waals surface area (Å²) in [5.74, 6) is 1.46. The maximum Gasteiger partial charge on any atom is 0.252 e. The predicted molar refractivity (Wildman–Crippen MR) is 84.9 cm³/mol. The number of hydrogen-bond acceptors (Lipinski definition) is 5. The summed E-state index contributed by atoms with van der Waals surface area (Å²) >= 11 is 0. The van der Waals surface area contributed by atoms with Gasteiger partial charge in [0.05, 0.1) is 30.7 Å². The maximum absolute atomic E-state index is 12.4. The smallest absolute Gasteiger partial charge is 0.252 e. The van der Waals surface area contributed by atoms with Crippen LogP contribution in [0, 0.1) is 23.7 Å². The highest BCUT2D eigenvalue weighted by Gasteiger charge is 2.49. The van der Waals surface area contributed by atoms with Gasteiger partial charge in [-0.05, 0) is 18.4 Å². The molecule has 5 atom stereocenters. The summed E-state index contributed by atoms with van der Waals surface area (Å²) in [5.41, 5.74) is 0.506. The van der Waals surface area contributed by atoms with Crippen molar-refractivity contribution in [2.45, 2.75) is 19.4 Å². The molecule has 2 aliphatic heterocycles. The van der Waals surface area contributed by atoms with Crippen molar-refractivity contribution in [2.75, 3.05) is 26.2 Å². The summed E-state index contributed by atoms with van der Waals surface area (Å²) in [6.07, 6.45) is 4.09. The van der Waals surface area contributed by atoms with E-state index in [-0.39, 0.29) is 29.8 Å². The second-order valence-corrected chi connectivity index (χ2v) is 7.20. The topological polar surface area (TPSA) is 84.4 Å². The summed E-state index contributed by atoms with van der Waals surface area (Å²) in [6, 6.07) is 1.64. The highest BCUT2D eigenvalue weighted by Crippen LogP contribution is 2.41. The summed E-state index contributed by atoms with van der Waals surface area (Å²) in [4.78, 5) is 26.5. The molecule has 1 aromatic rings. The molecule has 3 heterocycles. The van der Waals surface area contributed by atoms with E-state index >= 15 is 0 Å². The second-order valence-electron chi connectivity index (χ2n) is 7.20. The lowest BCUT2D eigenvalue weighted by molar-refractivity contribution is -0.132. The van der Waals surface area contributed by atoms with E-state index < -0.39 is 0 Å². The Morgan fingerprint density at radius 1 is 1.38 bits per heavy atom. The van der Waals surface area contributed by atoms with Gasteiger partial charge in [0.15, 0.2) is 0 Å². The van der Waals surface area contributed by atoms with E-state index in [1.165, 1.54) is 12.4 Å². The highest BCUT2D eigenvalue weighted by atomic mass is 16.5. The number of likely N-dealkylation sites (tertiary alicyclic amines) is 1. The molecule has 2 saturated heterocycles. The van der Waals surface area contributed by atoms with Crippen molar-refractivity contribution >= 4 is 11.8 Å². The molecule has 1 aromatic heterocycles. The first-order valence-electron chi connectivity index (χ1n) is 8.58. The fourth-order valence-electron chi connectivity index (χ4n) is 3.84. The van der Waals surface area contributed by atoms with Crippen molar-refractivity contribution in [3.63, 3.8) is 0 Å². The van der Waals surface area contributed by atoms with Crippen molar-refractivity contribution in [2.24, 2.45) is 23.7 Å². The lowest BCUT2D eigenvalue weighted by Crippen LogP contribution is -2.36. The Morgan fingerprint density at radius 2 is 2.21 bits per heavy atom. The zero-order valence-electron chi connectivity index (χ0n) is 13.7. The molecule has 2 unspecified atom stereocenters. The van der Waals surface area contributed by atoms with Crippen LogP contribution >= 0.6 is 0 Å². The van der Waals surface area contributed by atoms with Crippen LogP contribution in [0.25, 0.3) is 0 Å². The molecule has 1 aliphatic carbocycles. The predicted octanol–water partition coefficient (Wildman–Crippen LogP) is 0.336. The van der Waals surface area contributed by atoms with Gasteiger partial charge >= 0.3 is 0 Å². The van der Waals surface area contributed by atoms with Gasteiger partial charge in [-0.15, -0.1) is 0 Å². The molecule has 0 aromatic carbocycles. The molecular formula is C17H22N4O3. The van der Waals surface area contributed by atoms with Gasteiger partial charge in [0.1, 0.15) is 0 Å². The first kappa shape index (κ1) is 15.5. The van der Waals surface area contributed by atoms with E-state index in [1.54, 1.807) is 6.07 Å². The molecule has 4 rings (SSSR count). The SMILES string of the molecule is CC1CC1C(=O)N1C[C@@H]2[C@H](CNC(=O)c3ccnnc3)CO[C@@H]2C1. The van der Waals surface area contributed by atoms with Gasteiger partial charge in [0.2, 0.25) is 5.91 Å². The number of nitrogens with zero attached hydrogens (tertiary/aromatic N) is 3. The Hall–Kier alpha value is -2.02. The Kier molecular flexibility index (Phi) is 3.96. The number of aromatic nitrogens is 2. The van der Waals surface area contributed by atoms with Crippen LogP contribution in [0.5, 0.6) is 0 Å². The number of carbonyl (C=O) groups is 2. The maximum atomic E-state index is 12.4. The molecule has 0 bridgehead atoms. The van der Waals surface area contributed by atoms with Crippen molar-refractivity contribution in [1.82, 2.24) is 20.4 Å². The number of amides is 2. The fourth-order valence-corrected chi connectivity index (χ4v) is 3.84. The normalized spacial score (nSPS) is 34.0. The molecule has 1 N–H and O–H groups in total. The molecule has 7 heteroatoms. The molecular weight excluding hydrogens is 308 g/mol. The lowest BCUT2D eigenvalue weighted by Gasteiger charge is -2.20. The van der Waals surface area contributed by atoms with Gasteiger partial charge in [0, 0.05) is 37.4 Å². The van der Waals surface area contributed by atoms with Gasteiger partial charge in [-0.2, -0.15) is 10.2 Å². The zero-order valence-corrected chi connectivity index (χ0v) is 13.7. The van der Waals surface area contributed by atoms with Crippen LogP contribution in [0.4, 0.5) is 0 Å². The number of rotatable bonds is 4. The van der Waals surface area contributed by atoms with Gasteiger partial charge in [-0.1, -0.05) is 6.92 Å². The number of ether oxygens (including phenoxy) is 1.